The molecule has 0 saturated carbocycles. The Morgan fingerprint density at radius 2 is 1.68 bits per heavy atom. The van der Waals surface area contributed by atoms with Crippen molar-refractivity contribution in [2.45, 2.75) is 33.3 Å². The molecule has 0 radical (unpaired) electrons. The van der Waals surface area contributed by atoms with Gasteiger partial charge < -0.3 is 24.6 Å². The quantitative estimate of drug-likeness (QED) is 0.471. The Kier molecular flexibility index (Phi) is 8.15. The molecule has 31 heavy (non-hydrogen) atoms. The highest BCUT2D eigenvalue weighted by Gasteiger charge is 2.12. The summed E-state index contributed by atoms with van der Waals surface area (Å²) in [6.07, 6.45) is 0.132. The fourth-order valence-corrected chi connectivity index (χ4v) is 3.63. The highest BCUT2D eigenvalue weighted by atomic mass is 16.5. The number of fused-ring (bicyclic) bond motifs is 1. The Morgan fingerprint density at radius 3 is 2.35 bits per heavy atom. The molecule has 2 N–H and O–H groups in total. The summed E-state index contributed by atoms with van der Waals surface area (Å²) in [5, 5.41) is 21.5. The highest BCUT2D eigenvalue weighted by molar-refractivity contribution is 5.89. The maximum atomic E-state index is 9.84. The molecule has 5 nitrogen and oxygen atoms in total. The van der Waals surface area contributed by atoms with E-state index in [0.717, 1.165) is 53.0 Å². The van der Waals surface area contributed by atoms with E-state index in [2.05, 4.69) is 30.9 Å². The van der Waals surface area contributed by atoms with E-state index in [1.54, 1.807) is 19.1 Å². The zero-order chi connectivity index (χ0) is 22.2. The van der Waals surface area contributed by atoms with Gasteiger partial charge in [-0.15, -0.1) is 0 Å². The van der Waals surface area contributed by atoms with Gasteiger partial charge in [0.25, 0.3) is 0 Å². The van der Waals surface area contributed by atoms with Gasteiger partial charge >= 0.3 is 0 Å². The lowest BCUT2D eigenvalue weighted by Gasteiger charge is -2.18. The van der Waals surface area contributed by atoms with Gasteiger partial charge in [-0.25, -0.2) is 0 Å². The first-order chi connectivity index (χ1) is 15.0. The van der Waals surface area contributed by atoms with Crippen molar-refractivity contribution in [1.82, 2.24) is 4.90 Å². The molecule has 3 aromatic rings. The number of ether oxygens (including phenoxy) is 2. The smallest absolute Gasteiger partial charge is 0.123 e. The van der Waals surface area contributed by atoms with Crippen LogP contribution in [-0.2, 0) is 6.42 Å². The standard InChI is InChI=1S/C26H33NO4/c1-4-27(5-2)14-15-30-23-10-6-20(7-11-23)16-25-24-12-9-22(29)17-21(24)8-13-26(25)31-18-19(3)28/h6-13,17,19,28-29H,4-5,14-16,18H2,1-3H3. The molecule has 0 aliphatic heterocycles. The molecular formula is C26H33NO4. The van der Waals surface area contributed by atoms with Crippen LogP contribution in [0.2, 0.25) is 0 Å². The second kappa shape index (κ2) is 11.0. The van der Waals surface area contributed by atoms with Gasteiger partial charge in [0.1, 0.15) is 30.5 Å². The van der Waals surface area contributed by atoms with Gasteiger partial charge in [-0.3, -0.25) is 0 Å². The number of phenolic OH excluding ortho intramolecular Hbond substituents is 1. The molecule has 1 unspecified atom stereocenters. The van der Waals surface area contributed by atoms with Crippen molar-refractivity contribution in [1.29, 1.82) is 0 Å². The van der Waals surface area contributed by atoms with Gasteiger partial charge in [-0.1, -0.05) is 38.1 Å². The van der Waals surface area contributed by atoms with Crippen LogP contribution in [0.3, 0.4) is 0 Å². The molecule has 3 aromatic carbocycles. The van der Waals surface area contributed by atoms with Crippen LogP contribution >= 0.6 is 0 Å². The molecule has 1 atom stereocenters. The number of hydrogen-bond donors (Lipinski definition) is 2. The molecule has 0 aromatic heterocycles. The number of rotatable bonds is 11. The van der Waals surface area contributed by atoms with Gasteiger partial charge in [0.2, 0.25) is 0 Å². The van der Waals surface area contributed by atoms with Gasteiger partial charge in [-0.2, -0.15) is 0 Å². The Labute approximate surface area is 184 Å². The average molecular weight is 424 g/mol. The summed E-state index contributed by atoms with van der Waals surface area (Å²) in [5.74, 6) is 1.85. The third-order valence-electron chi connectivity index (χ3n) is 5.43. The van der Waals surface area contributed by atoms with E-state index in [1.807, 2.05) is 30.3 Å². The van der Waals surface area contributed by atoms with Crippen molar-refractivity contribution in [2.24, 2.45) is 0 Å². The van der Waals surface area contributed by atoms with Crippen LogP contribution in [0.25, 0.3) is 10.8 Å². The molecule has 0 bridgehead atoms. The lowest BCUT2D eigenvalue weighted by Crippen LogP contribution is -2.27. The monoisotopic (exact) mass is 423 g/mol. The summed E-state index contributed by atoms with van der Waals surface area (Å²) in [6.45, 7) is 9.90. The number of aliphatic hydroxyl groups excluding tert-OH is 1. The van der Waals surface area contributed by atoms with Crippen LogP contribution in [0.15, 0.2) is 54.6 Å². The van der Waals surface area contributed by atoms with E-state index in [4.69, 9.17) is 9.47 Å². The molecule has 0 aliphatic carbocycles. The number of nitrogens with zero attached hydrogens (tertiary/aromatic N) is 1. The van der Waals surface area contributed by atoms with Crippen LogP contribution in [0.4, 0.5) is 0 Å². The summed E-state index contributed by atoms with van der Waals surface area (Å²) in [6, 6.07) is 17.4. The largest absolute Gasteiger partial charge is 0.508 e. The number of likely N-dealkylation sites (N-methyl/N-ethyl adjacent to an activating group) is 1. The third kappa shape index (κ3) is 6.36. The molecule has 166 valence electrons. The zero-order valence-electron chi connectivity index (χ0n) is 18.7. The molecule has 0 aliphatic rings. The van der Waals surface area contributed by atoms with E-state index in [0.29, 0.717) is 13.0 Å². The fourth-order valence-electron chi connectivity index (χ4n) is 3.63. The van der Waals surface area contributed by atoms with Crippen LogP contribution in [-0.4, -0.2) is 54.1 Å². The number of benzene rings is 3. The number of aromatic hydroxyl groups is 1. The van der Waals surface area contributed by atoms with Crippen LogP contribution in [0.5, 0.6) is 17.2 Å². The van der Waals surface area contributed by atoms with Gasteiger partial charge in [0.05, 0.1) is 6.10 Å². The van der Waals surface area contributed by atoms with E-state index in [1.165, 1.54) is 0 Å². The molecule has 0 amide bonds. The molecule has 3 rings (SSSR count). The Balaban J connectivity index is 1.77. The van der Waals surface area contributed by atoms with Crippen molar-refractivity contribution in [3.05, 3.63) is 65.7 Å². The second-order valence-electron chi connectivity index (χ2n) is 7.80. The summed E-state index contributed by atoms with van der Waals surface area (Å²) >= 11 is 0. The summed E-state index contributed by atoms with van der Waals surface area (Å²) in [4.78, 5) is 2.33. The van der Waals surface area contributed by atoms with Crippen LogP contribution < -0.4 is 9.47 Å². The Hall–Kier alpha value is -2.76. The minimum absolute atomic E-state index is 0.232. The van der Waals surface area contributed by atoms with Crippen molar-refractivity contribution in [2.75, 3.05) is 32.8 Å². The van der Waals surface area contributed by atoms with Gasteiger partial charge in [-0.05, 0) is 66.7 Å². The van der Waals surface area contributed by atoms with Crippen molar-refractivity contribution >= 4 is 10.8 Å². The lowest BCUT2D eigenvalue weighted by molar-refractivity contribution is 0.122. The first-order valence-electron chi connectivity index (χ1n) is 11.0. The zero-order valence-corrected chi connectivity index (χ0v) is 18.7. The summed E-state index contributed by atoms with van der Waals surface area (Å²) < 4.78 is 11.8. The number of aliphatic hydroxyl groups is 1. The van der Waals surface area contributed by atoms with Crippen molar-refractivity contribution in [3.63, 3.8) is 0 Å². The average Bonchev–Trinajstić information content (AvgIpc) is 2.77. The lowest BCUT2D eigenvalue weighted by atomic mass is 9.97. The Morgan fingerprint density at radius 1 is 0.935 bits per heavy atom. The third-order valence-corrected chi connectivity index (χ3v) is 5.43. The first-order valence-corrected chi connectivity index (χ1v) is 11.0. The maximum Gasteiger partial charge on any atom is 0.123 e. The predicted octanol–water partition coefficient (Wildman–Crippen LogP) is 4.62. The molecule has 0 saturated heterocycles. The van der Waals surface area contributed by atoms with Crippen LogP contribution in [0.1, 0.15) is 31.9 Å². The molecule has 0 spiro atoms. The maximum absolute atomic E-state index is 9.84. The topological polar surface area (TPSA) is 62.2 Å². The van der Waals surface area contributed by atoms with E-state index in [9.17, 15) is 10.2 Å². The normalized spacial score (nSPS) is 12.3. The highest BCUT2D eigenvalue weighted by Crippen LogP contribution is 2.32. The summed E-state index contributed by atoms with van der Waals surface area (Å²) in [5.41, 5.74) is 2.17. The predicted molar refractivity (Wildman–Crippen MR) is 125 cm³/mol. The van der Waals surface area contributed by atoms with E-state index in [-0.39, 0.29) is 12.4 Å². The minimum Gasteiger partial charge on any atom is -0.508 e. The minimum atomic E-state index is -0.545. The number of phenols is 1. The molecular weight excluding hydrogens is 390 g/mol. The fraction of sp³-hybridized carbons (Fsp3) is 0.385. The Bertz CT molecular complexity index is 965. The van der Waals surface area contributed by atoms with E-state index < -0.39 is 6.10 Å². The first kappa shape index (κ1) is 22.9. The number of hydrogen-bond acceptors (Lipinski definition) is 5. The summed E-state index contributed by atoms with van der Waals surface area (Å²) in [7, 11) is 0. The molecule has 0 fully saturated rings. The molecule has 5 heteroatoms. The SMILES string of the molecule is CCN(CC)CCOc1ccc(Cc2c(OCC(C)O)ccc3cc(O)ccc23)cc1. The molecule has 0 heterocycles. The van der Waals surface area contributed by atoms with Crippen molar-refractivity contribution < 1.29 is 19.7 Å². The van der Waals surface area contributed by atoms with Crippen molar-refractivity contribution in [3.8, 4) is 17.2 Å². The van der Waals surface area contributed by atoms with E-state index >= 15 is 0 Å². The van der Waals surface area contributed by atoms with Gasteiger partial charge in [0.15, 0.2) is 0 Å². The second-order valence-corrected chi connectivity index (χ2v) is 7.80. The van der Waals surface area contributed by atoms with Crippen LogP contribution in [0, 0.1) is 0 Å². The van der Waals surface area contributed by atoms with Gasteiger partial charge in [0, 0.05) is 18.5 Å².